The first-order chi connectivity index (χ1) is 20.8. The van der Waals surface area contributed by atoms with Crippen LogP contribution in [0.3, 0.4) is 0 Å². The van der Waals surface area contributed by atoms with Crippen molar-refractivity contribution in [2.45, 2.75) is 138 Å². The van der Waals surface area contributed by atoms with Crippen LogP contribution in [0.5, 0.6) is 0 Å². The summed E-state index contributed by atoms with van der Waals surface area (Å²) < 4.78 is 6.28. The number of hydrogen-bond donors (Lipinski definition) is 2. The number of esters is 1. The van der Waals surface area contributed by atoms with Gasteiger partial charge in [0.1, 0.15) is 6.10 Å². The number of ketones is 1. The van der Waals surface area contributed by atoms with Crippen LogP contribution in [0.4, 0.5) is 0 Å². The van der Waals surface area contributed by atoms with Gasteiger partial charge in [0.2, 0.25) is 0 Å². The van der Waals surface area contributed by atoms with E-state index in [1.807, 2.05) is 13.0 Å². The molecule has 0 radical (unpaired) electrons. The Labute approximate surface area is 299 Å². The number of ether oxygens (including phenoxy) is 1. The zero-order valence-electron chi connectivity index (χ0n) is 30.7. The largest absolute Gasteiger partial charge is 1.00 e. The molecule has 252 valence electrons. The van der Waals surface area contributed by atoms with E-state index < -0.39 is 29.2 Å². The van der Waals surface area contributed by atoms with Crippen LogP contribution in [-0.4, -0.2) is 40.0 Å². The Kier molecular flexibility index (Phi) is 9.20. The van der Waals surface area contributed by atoms with Crippen molar-refractivity contribution in [1.82, 2.24) is 0 Å². The Bertz CT molecular complexity index is 1340. The monoisotopic (exact) mass is 648 g/mol. The molecule has 11 atom stereocenters. The first-order valence-corrected chi connectivity index (χ1v) is 17.8. The van der Waals surface area contributed by atoms with Gasteiger partial charge in [-0.15, -0.1) is 0 Å². The molecule has 46 heavy (non-hydrogen) atoms. The van der Waals surface area contributed by atoms with Crippen LogP contribution in [0, 0.1) is 62.1 Å². The Morgan fingerprint density at radius 2 is 1.46 bits per heavy atom. The van der Waals surface area contributed by atoms with Gasteiger partial charge in [-0.3, -0.25) is 19.2 Å². The number of hydrogen-bond acceptors (Lipinski definition) is 5. The molecular weight excluding hydrogens is 591 g/mol. The van der Waals surface area contributed by atoms with E-state index in [0.29, 0.717) is 32.1 Å². The second-order valence-electron chi connectivity index (χ2n) is 18.2. The summed E-state index contributed by atoms with van der Waals surface area (Å²) in [7, 11) is 0. The van der Waals surface area contributed by atoms with Crippen molar-refractivity contribution < 1.29 is 65.1 Å². The zero-order valence-corrected chi connectivity index (χ0v) is 31.7. The van der Waals surface area contributed by atoms with Crippen LogP contribution in [0.2, 0.25) is 0 Å². The van der Waals surface area contributed by atoms with E-state index in [-0.39, 0.29) is 93.7 Å². The van der Waals surface area contributed by atoms with Crippen molar-refractivity contribution in [3.63, 3.8) is 0 Å². The summed E-state index contributed by atoms with van der Waals surface area (Å²) in [6, 6.07) is 0. The van der Waals surface area contributed by atoms with Crippen molar-refractivity contribution in [2.75, 3.05) is 0 Å². The van der Waals surface area contributed by atoms with Gasteiger partial charge in [0.25, 0.3) is 0 Å². The maximum absolute atomic E-state index is 14.6. The van der Waals surface area contributed by atoms with Gasteiger partial charge in [0.15, 0.2) is 5.78 Å². The number of aliphatic carboxylic acids is 2. The minimum Gasteiger partial charge on any atom is -1.00 e. The fourth-order valence-electron chi connectivity index (χ4n) is 12.5. The molecule has 0 aromatic rings. The van der Waals surface area contributed by atoms with Crippen molar-refractivity contribution in [3.8, 4) is 0 Å². The first kappa shape index (κ1) is 36.1. The third-order valence-electron chi connectivity index (χ3n) is 15.7. The second-order valence-corrected chi connectivity index (χ2v) is 18.2. The fourth-order valence-corrected chi connectivity index (χ4v) is 12.5. The maximum Gasteiger partial charge on any atom is 1.00 e. The Hall–Kier alpha value is -1.18. The Balaban J connectivity index is 0.00000250. The Morgan fingerprint density at radius 1 is 0.826 bits per heavy atom. The van der Waals surface area contributed by atoms with Gasteiger partial charge in [-0.2, -0.15) is 0 Å². The summed E-state index contributed by atoms with van der Waals surface area (Å²) in [6.07, 6.45) is 12.0. The van der Waals surface area contributed by atoms with Crippen molar-refractivity contribution in [3.05, 3.63) is 11.6 Å². The van der Waals surface area contributed by atoms with Crippen LogP contribution >= 0.6 is 0 Å². The number of carbonyl (C=O) groups is 4. The number of carboxylic acids is 2. The first-order valence-electron chi connectivity index (χ1n) is 17.8. The summed E-state index contributed by atoms with van der Waals surface area (Å²) in [4.78, 5) is 52.4. The van der Waals surface area contributed by atoms with Crippen LogP contribution < -0.4 is 29.6 Å². The standard InChI is InChI=1S/C38H56O7.Na.H/c1-33(2)27-12-15-38(7)29(36(27,5)14-13-28(33)45-31(42)23-11-9-8-10-22(23)30(40)41)26(39)20-24-25-21-35(4,32(43)44)17-16-34(25,3)18-19-37(24,38)6;;/h20,22-23,25,27-29H,8-19,21H2,1-7H3,(H,40,41)(H,43,44);;/q;+1;-1/t22-,23+,25-,27-,28-,29+,34+,35-,36-,37+,38+;;/m0../s1. The van der Waals surface area contributed by atoms with Crippen LogP contribution in [0.15, 0.2) is 11.6 Å². The predicted molar refractivity (Wildman–Crippen MR) is 171 cm³/mol. The van der Waals surface area contributed by atoms with Crippen molar-refractivity contribution >= 4 is 23.7 Å². The number of rotatable bonds is 4. The molecule has 5 saturated carbocycles. The molecule has 0 aromatic heterocycles. The molecule has 6 aliphatic rings. The quantitative estimate of drug-likeness (QED) is 0.327. The van der Waals surface area contributed by atoms with E-state index in [4.69, 9.17) is 4.74 Å². The molecule has 0 heterocycles. The zero-order chi connectivity index (χ0) is 33.0. The summed E-state index contributed by atoms with van der Waals surface area (Å²) in [5.41, 5.74) is -0.576. The molecule has 0 aromatic carbocycles. The molecule has 7 nitrogen and oxygen atoms in total. The molecule has 0 spiro atoms. The van der Waals surface area contributed by atoms with E-state index >= 15 is 0 Å². The van der Waals surface area contributed by atoms with Gasteiger partial charge in [-0.05, 0) is 117 Å². The molecular formula is C38H57NaO7. The molecule has 6 aliphatic carbocycles. The third-order valence-corrected chi connectivity index (χ3v) is 15.7. The number of carbonyl (C=O) groups excluding carboxylic acids is 2. The van der Waals surface area contributed by atoms with Gasteiger partial charge in [-0.25, -0.2) is 0 Å². The minimum atomic E-state index is -0.903. The van der Waals surface area contributed by atoms with Crippen molar-refractivity contribution in [1.29, 1.82) is 0 Å². The molecule has 0 unspecified atom stereocenters. The fraction of sp³-hybridized carbons (Fsp3) is 0.842. The van der Waals surface area contributed by atoms with E-state index in [1.54, 1.807) is 0 Å². The summed E-state index contributed by atoms with van der Waals surface area (Å²) >= 11 is 0. The van der Waals surface area contributed by atoms with Crippen LogP contribution in [0.25, 0.3) is 0 Å². The minimum absolute atomic E-state index is 0. The number of fused-ring (bicyclic) bond motifs is 7. The summed E-state index contributed by atoms with van der Waals surface area (Å²) in [5, 5.41) is 20.0. The third kappa shape index (κ3) is 5.05. The van der Waals surface area contributed by atoms with Gasteiger partial charge < -0.3 is 16.4 Å². The number of allylic oxidation sites excluding steroid dienone is 2. The maximum atomic E-state index is 14.6. The summed E-state index contributed by atoms with van der Waals surface area (Å²) in [6.45, 7) is 15.7. The molecule has 0 bridgehead atoms. The average molecular weight is 649 g/mol. The summed E-state index contributed by atoms with van der Waals surface area (Å²) in [5.74, 6) is -2.91. The van der Waals surface area contributed by atoms with Crippen LogP contribution in [-0.2, 0) is 23.9 Å². The van der Waals surface area contributed by atoms with E-state index in [9.17, 15) is 29.4 Å². The van der Waals surface area contributed by atoms with Crippen molar-refractivity contribution in [2.24, 2.45) is 62.1 Å². The molecule has 6 rings (SSSR count). The normalized spacial score (nSPS) is 47.8. The molecule has 8 heteroatoms. The molecule has 5 fully saturated rings. The van der Waals surface area contributed by atoms with Crippen LogP contribution in [0.1, 0.15) is 133 Å². The van der Waals surface area contributed by atoms with Gasteiger partial charge in [0, 0.05) is 11.3 Å². The predicted octanol–water partition coefficient (Wildman–Crippen LogP) is 4.97. The molecule has 0 amide bonds. The second kappa shape index (κ2) is 11.7. The van der Waals surface area contributed by atoms with E-state index in [1.165, 1.54) is 5.57 Å². The average Bonchev–Trinajstić information content (AvgIpc) is 2.96. The van der Waals surface area contributed by atoms with Gasteiger partial charge >= 0.3 is 47.5 Å². The smallest absolute Gasteiger partial charge is 1.00 e. The molecule has 0 aliphatic heterocycles. The van der Waals surface area contributed by atoms with E-state index in [2.05, 4.69) is 41.5 Å². The molecule has 0 saturated heterocycles. The van der Waals surface area contributed by atoms with Gasteiger partial charge in [-0.1, -0.05) is 60.0 Å². The van der Waals surface area contributed by atoms with E-state index in [0.717, 1.165) is 51.4 Å². The SMILES string of the molecule is CC1(C)[C@@H](OC(=O)[C@@H]2CCCC[C@@H]2C(=O)O)CC[C@]2(C)[C@H]3C(=O)C=C4[C@@H]5C[C@@](C)(C(=O)O)CC[C@]5(C)CC[C@@]4(C)[C@]3(C)CC[C@@H]12.[H-].[Na+]. The number of carboxylic acid groups (broad SMARTS) is 2. The molecule has 2 N–H and O–H groups in total. The Morgan fingerprint density at radius 3 is 2.09 bits per heavy atom. The topological polar surface area (TPSA) is 118 Å². The van der Waals surface area contributed by atoms with Gasteiger partial charge in [0.05, 0.1) is 17.3 Å².